The average molecular weight is 425 g/mol. The van der Waals surface area contributed by atoms with Crippen LogP contribution in [0.2, 0.25) is 4.34 Å². The van der Waals surface area contributed by atoms with Crippen molar-refractivity contribution in [2.75, 3.05) is 6.54 Å². The third-order valence-corrected chi connectivity index (χ3v) is 7.31. The van der Waals surface area contributed by atoms with E-state index in [4.69, 9.17) is 21.6 Å². The molecule has 29 heavy (non-hydrogen) atoms. The lowest BCUT2D eigenvalue weighted by Crippen LogP contribution is -2.31. The van der Waals surface area contributed by atoms with E-state index in [1.165, 1.54) is 48.9 Å². The first-order valence-corrected chi connectivity index (χ1v) is 11.7. The van der Waals surface area contributed by atoms with E-state index in [9.17, 15) is 0 Å². The van der Waals surface area contributed by atoms with Gasteiger partial charge in [0.25, 0.3) is 0 Å². The number of aromatic nitrogens is 3. The Hall–Kier alpha value is -1.82. The third-order valence-electron chi connectivity index (χ3n) is 6.06. The monoisotopic (exact) mass is 424 g/mol. The zero-order chi connectivity index (χ0) is 19.6. The molecule has 6 heteroatoms. The molecule has 3 aromatic heterocycles. The molecule has 3 aromatic rings. The highest BCUT2D eigenvalue weighted by atomic mass is 35.5. The standard InChI is InChI=1S/C23H25ClN4S/c24-22-9-8-21(29-22)20-7-6-16(12-25-20)14-28-11-10-19-18(15-28)13-26-23(27-19)17-4-2-1-3-5-17/h6-9,12-13,17H,1-5,10-11,14-15H2. The van der Waals surface area contributed by atoms with Crippen LogP contribution in [0.4, 0.5) is 0 Å². The fourth-order valence-electron chi connectivity index (χ4n) is 4.46. The van der Waals surface area contributed by atoms with Gasteiger partial charge >= 0.3 is 0 Å². The second-order valence-corrected chi connectivity index (χ2v) is 9.87. The molecule has 4 nitrogen and oxygen atoms in total. The molecule has 0 amide bonds. The Kier molecular flexibility index (Phi) is 5.62. The van der Waals surface area contributed by atoms with E-state index in [1.807, 2.05) is 18.3 Å². The second-order valence-electron chi connectivity index (χ2n) is 8.15. The molecule has 0 unspecified atom stereocenters. The van der Waals surface area contributed by atoms with Crippen molar-refractivity contribution in [1.82, 2.24) is 19.9 Å². The van der Waals surface area contributed by atoms with Crippen molar-refractivity contribution in [3.05, 3.63) is 63.6 Å². The predicted octanol–water partition coefficient (Wildman–Crippen LogP) is 5.86. The van der Waals surface area contributed by atoms with Gasteiger partial charge in [0.1, 0.15) is 5.82 Å². The van der Waals surface area contributed by atoms with Crippen LogP contribution in [0.25, 0.3) is 10.6 Å². The molecule has 5 rings (SSSR count). The topological polar surface area (TPSA) is 41.9 Å². The summed E-state index contributed by atoms with van der Waals surface area (Å²) in [7, 11) is 0. The molecule has 150 valence electrons. The number of pyridine rings is 1. The zero-order valence-electron chi connectivity index (χ0n) is 16.5. The fraction of sp³-hybridized carbons (Fsp3) is 0.435. The lowest BCUT2D eigenvalue weighted by atomic mass is 9.88. The smallest absolute Gasteiger partial charge is 0.131 e. The average Bonchev–Trinajstić information content (AvgIpc) is 3.21. The molecular formula is C23H25ClN4S. The van der Waals surface area contributed by atoms with Gasteiger partial charge in [0.15, 0.2) is 0 Å². The summed E-state index contributed by atoms with van der Waals surface area (Å²) in [6, 6.07) is 8.21. The third kappa shape index (κ3) is 4.37. The SMILES string of the molecule is Clc1ccc(-c2ccc(CN3CCc4nc(C5CCCCC5)ncc4C3)cn2)s1. The number of rotatable bonds is 4. The summed E-state index contributed by atoms with van der Waals surface area (Å²) >= 11 is 7.60. The number of hydrogen-bond donors (Lipinski definition) is 0. The van der Waals surface area contributed by atoms with Crippen molar-refractivity contribution in [3.8, 4) is 10.6 Å². The molecule has 0 aromatic carbocycles. The summed E-state index contributed by atoms with van der Waals surface area (Å²) in [6.07, 6.45) is 11.6. The summed E-state index contributed by atoms with van der Waals surface area (Å²) in [6.45, 7) is 2.86. The number of fused-ring (bicyclic) bond motifs is 1. The highest BCUT2D eigenvalue weighted by molar-refractivity contribution is 7.19. The van der Waals surface area contributed by atoms with Crippen molar-refractivity contribution in [1.29, 1.82) is 0 Å². The van der Waals surface area contributed by atoms with Crippen LogP contribution in [0.3, 0.4) is 0 Å². The molecule has 0 atom stereocenters. The van der Waals surface area contributed by atoms with Crippen LogP contribution in [-0.2, 0) is 19.5 Å². The van der Waals surface area contributed by atoms with E-state index in [2.05, 4.69) is 28.2 Å². The van der Waals surface area contributed by atoms with Crippen LogP contribution in [0.5, 0.6) is 0 Å². The van der Waals surface area contributed by atoms with Crippen molar-refractivity contribution < 1.29 is 0 Å². The predicted molar refractivity (Wildman–Crippen MR) is 118 cm³/mol. The van der Waals surface area contributed by atoms with Gasteiger partial charge in [0.2, 0.25) is 0 Å². The Morgan fingerprint density at radius 3 is 2.69 bits per heavy atom. The summed E-state index contributed by atoms with van der Waals surface area (Å²) in [5.41, 5.74) is 4.77. The van der Waals surface area contributed by atoms with E-state index >= 15 is 0 Å². The van der Waals surface area contributed by atoms with Crippen LogP contribution in [0.15, 0.2) is 36.7 Å². The molecule has 0 spiro atoms. The van der Waals surface area contributed by atoms with E-state index in [-0.39, 0.29) is 0 Å². The summed E-state index contributed by atoms with van der Waals surface area (Å²) in [4.78, 5) is 17.9. The maximum absolute atomic E-state index is 6.04. The first-order valence-electron chi connectivity index (χ1n) is 10.5. The second kappa shape index (κ2) is 8.50. The van der Waals surface area contributed by atoms with Gasteiger partial charge in [-0.1, -0.05) is 36.9 Å². The maximum atomic E-state index is 6.04. The molecule has 0 N–H and O–H groups in total. The quantitative estimate of drug-likeness (QED) is 0.526. The first-order chi connectivity index (χ1) is 14.2. The van der Waals surface area contributed by atoms with Crippen LogP contribution < -0.4 is 0 Å². The molecule has 1 saturated carbocycles. The fourth-order valence-corrected chi connectivity index (χ4v) is 5.48. The summed E-state index contributed by atoms with van der Waals surface area (Å²) in [5, 5.41) is 0. The summed E-state index contributed by atoms with van der Waals surface area (Å²) in [5.74, 6) is 1.67. The molecule has 4 heterocycles. The lowest BCUT2D eigenvalue weighted by molar-refractivity contribution is 0.242. The van der Waals surface area contributed by atoms with Gasteiger partial charge in [-0.3, -0.25) is 9.88 Å². The van der Waals surface area contributed by atoms with Crippen molar-refractivity contribution in [2.24, 2.45) is 0 Å². The van der Waals surface area contributed by atoms with Crippen LogP contribution in [-0.4, -0.2) is 26.4 Å². The molecule has 1 aliphatic carbocycles. The number of thiophene rings is 1. The lowest BCUT2D eigenvalue weighted by Gasteiger charge is -2.29. The normalized spacial score (nSPS) is 18.0. The van der Waals surface area contributed by atoms with Crippen LogP contribution in [0, 0.1) is 0 Å². The number of nitrogens with zero attached hydrogens (tertiary/aromatic N) is 4. The minimum Gasteiger partial charge on any atom is -0.294 e. The Labute approximate surface area is 181 Å². The van der Waals surface area contributed by atoms with E-state index in [0.29, 0.717) is 5.92 Å². The van der Waals surface area contributed by atoms with Gasteiger partial charge in [-0.15, -0.1) is 11.3 Å². The van der Waals surface area contributed by atoms with E-state index in [1.54, 1.807) is 11.3 Å². The zero-order valence-corrected chi connectivity index (χ0v) is 18.1. The van der Waals surface area contributed by atoms with E-state index < -0.39 is 0 Å². The molecular weight excluding hydrogens is 400 g/mol. The molecule has 2 aliphatic rings. The Morgan fingerprint density at radius 1 is 1.03 bits per heavy atom. The van der Waals surface area contributed by atoms with Gasteiger partial charge in [-0.2, -0.15) is 0 Å². The van der Waals surface area contributed by atoms with Gasteiger partial charge in [-0.05, 0) is 36.6 Å². The highest BCUT2D eigenvalue weighted by Gasteiger charge is 2.22. The van der Waals surface area contributed by atoms with Gasteiger partial charge < -0.3 is 0 Å². The minimum atomic E-state index is 0.579. The molecule has 0 radical (unpaired) electrons. The van der Waals surface area contributed by atoms with E-state index in [0.717, 1.165) is 46.8 Å². The largest absolute Gasteiger partial charge is 0.294 e. The summed E-state index contributed by atoms with van der Waals surface area (Å²) < 4.78 is 0.798. The molecule has 1 fully saturated rings. The molecule has 0 bridgehead atoms. The number of halogens is 1. The minimum absolute atomic E-state index is 0.579. The van der Waals surface area contributed by atoms with Crippen molar-refractivity contribution >= 4 is 22.9 Å². The Bertz CT molecular complexity index is 979. The van der Waals surface area contributed by atoms with Crippen molar-refractivity contribution in [2.45, 2.75) is 57.5 Å². The van der Waals surface area contributed by atoms with Gasteiger partial charge in [0.05, 0.1) is 14.9 Å². The van der Waals surface area contributed by atoms with Gasteiger partial charge in [0, 0.05) is 55.6 Å². The Balaban J connectivity index is 1.24. The van der Waals surface area contributed by atoms with Crippen molar-refractivity contribution in [3.63, 3.8) is 0 Å². The molecule has 0 saturated heterocycles. The van der Waals surface area contributed by atoms with Crippen LogP contribution in [0.1, 0.15) is 60.7 Å². The maximum Gasteiger partial charge on any atom is 0.131 e. The van der Waals surface area contributed by atoms with Gasteiger partial charge in [-0.25, -0.2) is 9.97 Å². The first kappa shape index (κ1) is 19.2. The number of hydrogen-bond acceptors (Lipinski definition) is 5. The highest BCUT2D eigenvalue weighted by Crippen LogP contribution is 2.32. The van der Waals surface area contributed by atoms with Crippen LogP contribution >= 0.6 is 22.9 Å². The molecule has 1 aliphatic heterocycles. The Morgan fingerprint density at radius 2 is 1.93 bits per heavy atom.